The maximum atomic E-state index is 5.44. The lowest BCUT2D eigenvalue weighted by Crippen LogP contribution is -1.93. The average Bonchev–Trinajstić information content (AvgIpc) is 3.11. The van der Waals surface area contributed by atoms with Crippen LogP contribution in [0.4, 0.5) is 0 Å². The molecule has 21 heavy (non-hydrogen) atoms. The van der Waals surface area contributed by atoms with Crippen molar-refractivity contribution in [1.82, 2.24) is 20.2 Å². The van der Waals surface area contributed by atoms with Crippen LogP contribution in [-0.4, -0.2) is 20.2 Å². The van der Waals surface area contributed by atoms with Crippen LogP contribution in [0.15, 0.2) is 9.44 Å². The molecule has 0 spiro atoms. The summed E-state index contributed by atoms with van der Waals surface area (Å²) >= 11 is 3.49. The van der Waals surface area contributed by atoms with Gasteiger partial charge < -0.3 is 4.42 Å². The van der Waals surface area contributed by atoms with E-state index < -0.39 is 0 Å². The molecule has 0 aromatic carbocycles. The third-order valence-corrected chi connectivity index (χ3v) is 5.69. The summed E-state index contributed by atoms with van der Waals surface area (Å²) in [4.78, 5) is 11.9. The van der Waals surface area contributed by atoms with Crippen LogP contribution in [-0.2, 0) is 18.6 Å². The fourth-order valence-corrected chi connectivity index (χ4v) is 5.00. The van der Waals surface area contributed by atoms with Gasteiger partial charge in [0.1, 0.15) is 15.7 Å². The van der Waals surface area contributed by atoms with E-state index in [0.29, 0.717) is 17.5 Å². The van der Waals surface area contributed by atoms with Crippen LogP contribution in [0, 0.1) is 13.8 Å². The molecular formula is C14H14N4OS2. The van der Waals surface area contributed by atoms with Gasteiger partial charge >= 0.3 is 0 Å². The second-order valence-electron chi connectivity index (χ2n) is 5.12. The van der Waals surface area contributed by atoms with Crippen LogP contribution >= 0.6 is 23.1 Å². The second kappa shape index (κ2) is 5.06. The molecule has 0 fully saturated rings. The minimum absolute atomic E-state index is 0.603. The first kappa shape index (κ1) is 13.2. The van der Waals surface area contributed by atoms with Gasteiger partial charge in [0.25, 0.3) is 0 Å². The molecule has 0 saturated heterocycles. The fourth-order valence-electron chi connectivity index (χ4n) is 2.69. The number of hydrogen-bond acceptors (Lipinski definition) is 7. The van der Waals surface area contributed by atoms with Crippen LogP contribution < -0.4 is 0 Å². The van der Waals surface area contributed by atoms with Gasteiger partial charge in [-0.25, -0.2) is 9.97 Å². The molecule has 0 aliphatic heterocycles. The predicted molar refractivity (Wildman–Crippen MR) is 82.8 cm³/mol. The molecule has 0 saturated carbocycles. The van der Waals surface area contributed by atoms with Crippen LogP contribution in [0.2, 0.25) is 0 Å². The van der Waals surface area contributed by atoms with Crippen molar-refractivity contribution in [2.24, 2.45) is 0 Å². The Hall–Kier alpha value is -1.47. The largest absolute Gasteiger partial charge is 0.425 e. The van der Waals surface area contributed by atoms with Crippen molar-refractivity contribution in [3.05, 3.63) is 28.0 Å². The lowest BCUT2D eigenvalue weighted by Gasteiger charge is -2.04. The van der Waals surface area contributed by atoms with Gasteiger partial charge in [-0.1, -0.05) is 11.8 Å². The first-order valence-electron chi connectivity index (χ1n) is 6.91. The van der Waals surface area contributed by atoms with E-state index in [0.717, 1.165) is 22.1 Å². The highest BCUT2D eigenvalue weighted by Gasteiger charge is 2.22. The number of aromatic nitrogens is 4. The van der Waals surface area contributed by atoms with E-state index in [-0.39, 0.29) is 0 Å². The summed E-state index contributed by atoms with van der Waals surface area (Å²) in [5.41, 5.74) is 1.46. The Morgan fingerprint density at radius 3 is 2.90 bits per heavy atom. The standard InChI is InChI=1S/C14H14N4OS2/c1-7-15-13(20-6-11-18-17-8(2)19-11)12-9-4-3-5-10(9)21-14(12)16-7/h3-6H2,1-2H3. The Morgan fingerprint density at radius 2 is 2.10 bits per heavy atom. The summed E-state index contributed by atoms with van der Waals surface area (Å²) in [6, 6.07) is 0. The zero-order valence-corrected chi connectivity index (χ0v) is 13.5. The summed E-state index contributed by atoms with van der Waals surface area (Å²) in [6.45, 7) is 3.76. The number of thioether (sulfide) groups is 1. The molecule has 0 atom stereocenters. The van der Waals surface area contributed by atoms with E-state index in [9.17, 15) is 0 Å². The quantitative estimate of drug-likeness (QED) is 0.544. The topological polar surface area (TPSA) is 64.7 Å². The fraction of sp³-hybridized carbons (Fsp3) is 0.429. The highest BCUT2D eigenvalue weighted by Crippen LogP contribution is 2.40. The smallest absolute Gasteiger partial charge is 0.226 e. The third-order valence-electron chi connectivity index (χ3n) is 3.54. The van der Waals surface area contributed by atoms with Gasteiger partial charge in [0, 0.05) is 17.2 Å². The molecule has 0 bridgehead atoms. The summed E-state index contributed by atoms with van der Waals surface area (Å²) in [5.74, 6) is 2.73. The Morgan fingerprint density at radius 1 is 1.19 bits per heavy atom. The van der Waals surface area contributed by atoms with Crippen LogP contribution in [0.1, 0.15) is 34.5 Å². The minimum atomic E-state index is 0.603. The molecule has 1 aliphatic rings. The van der Waals surface area contributed by atoms with E-state index in [1.54, 1.807) is 18.7 Å². The molecule has 7 heteroatoms. The van der Waals surface area contributed by atoms with Gasteiger partial charge in [-0.2, -0.15) is 0 Å². The maximum Gasteiger partial charge on any atom is 0.226 e. The molecule has 3 aromatic rings. The van der Waals surface area contributed by atoms with Crippen molar-refractivity contribution < 1.29 is 4.42 Å². The van der Waals surface area contributed by atoms with Crippen molar-refractivity contribution in [2.45, 2.75) is 43.9 Å². The first-order chi connectivity index (χ1) is 10.2. The van der Waals surface area contributed by atoms with Gasteiger partial charge in [-0.05, 0) is 31.7 Å². The molecule has 3 aromatic heterocycles. The minimum Gasteiger partial charge on any atom is -0.425 e. The van der Waals surface area contributed by atoms with Gasteiger partial charge in [0.15, 0.2) is 0 Å². The Balaban J connectivity index is 1.73. The van der Waals surface area contributed by atoms with E-state index in [2.05, 4.69) is 20.2 Å². The maximum absolute atomic E-state index is 5.44. The Bertz CT molecular complexity index is 824. The van der Waals surface area contributed by atoms with E-state index in [1.807, 2.05) is 18.3 Å². The van der Waals surface area contributed by atoms with Crippen LogP contribution in [0.25, 0.3) is 10.2 Å². The van der Waals surface area contributed by atoms with E-state index in [1.165, 1.54) is 28.7 Å². The van der Waals surface area contributed by atoms with Crippen LogP contribution in [0.5, 0.6) is 0 Å². The number of rotatable bonds is 3. The molecule has 0 amide bonds. The highest BCUT2D eigenvalue weighted by molar-refractivity contribution is 7.98. The number of aryl methyl sites for hydroxylation is 4. The lowest BCUT2D eigenvalue weighted by atomic mass is 10.2. The summed E-state index contributed by atoms with van der Waals surface area (Å²) < 4.78 is 5.44. The van der Waals surface area contributed by atoms with Crippen molar-refractivity contribution in [1.29, 1.82) is 0 Å². The number of nitrogens with zero attached hydrogens (tertiary/aromatic N) is 4. The first-order valence-corrected chi connectivity index (χ1v) is 8.71. The number of hydrogen-bond donors (Lipinski definition) is 0. The molecule has 3 heterocycles. The summed E-state index contributed by atoms with van der Waals surface area (Å²) in [6.07, 6.45) is 3.58. The Kier molecular flexibility index (Phi) is 3.19. The van der Waals surface area contributed by atoms with Crippen molar-refractivity contribution in [2.75, 3.05) is 0 Å². The average molecular weight is 318 g/mol. The van der Waals surface area contributed by atoms with Crippen molar-refractivity contribution in [3.63, 3.8) is 0 Å². The lowest BCUT2D eigenvalue weighted by molar-refractivity contribution is 0.485. The normalized spacial score (nSPS) is 14.0. The third kappa shape index (κ3) is 2.34. The van der Waals surface area contributed by atoms with Crippen LogP contribution in [0.3, 0.4) is 0 Å². The highest BCUT2D eigenvalue weighted by atomic mass is 32.2. The van der Waals surface area contributed by atoms with Crippen molar-refractivity contribution >= 4 is 33.3 Å². The molecule has 0 unspecified atom stereocenters. The molecule has 108 valence electrons. The summed E-state index contributed by atoms with van der Waals surface area (Å²) in [7, 11) is 0. The number of thiophene rings is 1. The van der Waals surface area contributed by atoms with Gasteiger partial charge in [-0.3, -0.25) is 0 Å². The Labute approximate surface area is 130 Å². The van der Waals surface area contributed by atoms with E-state index >= 15 is 0 Å². The molecule has 1 aliphatic carbocycles. The SMILES string of the molecule is Cc1nc(SCc2nnc(C)o2)c2c3c(sc2n1)CCC3. The zero-order valence-electron chi connectivity index (χ0n) is 11.8. The molecule has 0 N–H and O–H groups in total. The van der Waals surface area contributed by atoms with Gasteiger partial charge in [0.2, 0.25) is 11.8 Å². The van der Waals surface area contributed by atoms with E-state index in [4.69, 9.17) is 4.42 Å². The van der Waals surface area contributed by atoms with Crippen molar-refractivity contribution in [3.8, 4) is 0 Å². The number of fused-ring (bicyclic) bond motifs is 3. The second-order valence-corrected chi connectivity index (χ2v) is 7.16. The monoisotopic (exact) mass is 318 g/mol. The predicted octanol–water partition coefficient (Wildman–Crippen LogP) is 3.47. The van der Waals surface area contributed by atoms with Gasteiger partial charge in [0.05, 0.1) is 5.75 Å². The molecular weight excluding hydrogens is 304 g/mol. The molecule has 0 radical (unpaired) electrons. The zero-order chi connectivity index (χ0) is 14.4. The summed E-state index contributed by atoms with van der Waals surface area (Å²) in [5, 5.41) is 10.2. The molecule has 4 rings (SSSR count). The van der Waals surface area contributed by atoms with Gasteiger partial charge in [-0.15, -0.1) is 21.5 Å². The molecule has 5 nitrogen and oxygen atoms in total.